The molecule has 4 rings (SSSR count). The molecule has 1 aromatic heterocycles. The van der Waals surface area contributed by atoms with E-state index in [-0.39, 0.29) is 12.1 Å². The zero-order chi connectivity index (χ0) is 17.2. The summed E-state index contributed by atoms with van der Waals surface area (Å²) in [4.78, 5) is 12.2. The van der Waals surface area contributed by atoms with E-state index in [9.17, 15) is 4.79 Å². The average Bonchev–Trinajstić information content (AvgIpc) is 3.08. The number of amides is 1. The quantitative estimate of drug-likeness (QED) is 0.758. The maximum atomic E-state index is 12.2. The minimum atomic E-state index is -0.107. The number of hydrogen-bond donors (Lipinski definition) is 2. The lowest BCUT2D eigenvalue weighted by atomic mass is 10.1. The van der Waals surface area contributed by atoms with Gasteiger partial charge in [-0.15, -0.1) is 0 Å². The molecule has 2 N–H and O–H groups in total. The van der Waals surface area contributed by atoms with Crippen molar-refractivity contribution in [2.75, 3.05) is 6.54 Å². The van der Waals surface area contributed by atoms with Gasteiger partial charge >= 0.3 is 0 Å². The maximum absolute atomic E-state index is 12.2. The second-order valence-corrected chi connectivity index (χ2v) is 6.40. The summed E-state index contributed by atoms with van der Waals surface area (Å²) in [5.41, 5.74) is 3.43. The van der Waals surface area contributed by atoms with Crippen molar-refractivity contribution in [3.05, 3.63) is 76.9 Å². The highest BCUT2D eigenvalue weighted by atomic mass is 35.5. The Hall–Kier alpha value is -2.63. The van der Waals surface area contributed by atoms with Crippen LogP contribution in [0.3, 0.4) is 0 Å². The zero-order valence-corrected chi connectivity index (χ0v) is 14.2. The molecule has 3 aromatic rings. The van der Waals surface area contributed by atoms with Gasteiger partial charge in [-0.3, -0.25) is 10.1 Å². The number of halogens is 1. The number of carbonyl (C=O) groups is 1. The van der Waals surface area contributed by atoms with E-state index in [1.165, 1.54) is 0 Å². The Kier molecular flexibility index (Phi) is 4.26. The molecule has 0 saturated heterocycles. The lowest BCUT2D eigenvalue weighted by Gasteiger charge is -2.25. The van der Waals surface area contributed by atoms with Crippen LogP contribution in [-0.2, 0) is 6.54 Å². The van der Waals surface area contributed by atoms with E-state index in [1.54, 1.807) is 4.68 Å². The molecule has 1 aliphatic heterocycles. The molecule has 0 radical (unpaired) electrons. The summed E-state index contributed by atoms with van der Waals surface area (Å²) in [6, 6.07) is 19.4. The first-order valence-electron chi connectivity index (χ1n) is 8.12. The third-order valence-corrected chi connectivity index (χ3v) is 4.46. The second kappa shape index (κ2) is 6.70. The lowest BCUT2D eigenvalue weighted by molar-refractivity contribution is 0.0900. The summed E-state index contributed by atoms with van der Waals surface area (Å²) >= 11 is 6.04. The fourth-order valence-corrected chi connectivity index (χ4v) is 3.17. The van der Waals surface area contributed by atoms with Crippen molar-refractivity contribution in [3.8, 4) is 11.3 Å². The van der Waals surface area contributed by atoms with Gasteiger partial charge in [0.2, 0.25) is 0 Å². The first-order valence-corrected chi connectivity index (χ1v) is 8.49. The van der Waals surface area contributed by atoms with Crippen LogP contribution in [0.5, 0.6) is 0 Å². The summed E-state index contributed by atoms with van der Waals surface area (Å²) in [7, 11) is 0. The van der Waals surface area contributed by atoms with E-state index < -0.39 is 0 Å². The number of rotatable bonds is 4. The molecular formula is C19H17ClN4O. The van der Waals surface area contributed by atoms with Crippen molar-refractivity contribution in [1.29, 1.82) is 0 Å². The van der Waals surface area contributed by atoms with Crippen LogP contribution in [0.25, 0.3) is 11.3 Å². The highest BCUT2D eigenvalue weighted by Gasteiger charge is 2.27. The third-order valence-electron chi connectivity index (χ3n) is 4.22. The van der Waals surface area contributed by atoms with E-state index in [2.05, 4.69) is 15.7 Å². The predicted octanol–water partition coefficient (Wildman–Crippen LogP) is 3.24. The summed E-state index contributed by atoms with van der Waals surface area (Å²) in [5, 5.41) is 11.7. The molecule has 0 spiro atoms. The molecule has 6 heteroatoms. The van der Waals surface area contributed by atoms with Gasteiger partial charge in [-0.25, -0.2) is 4.68 Å². The summed E-state index contributed by atoms with van der Waals surface area (Å²) in [6.45, 7) is 1.13. The van der Waals surface area contributed by atoms with Crippen molar-refractivity contribution in [1.82, 2.24) is 20.4 Å². The fraction of sp³-hybridized carbons (Fsp3) is 0.158. The molecular weight excluding hydrogens is 336 g/mol. The molecule has 126 valence electrons. The Bertz CT molecular complexity index is 907. The third kappa shape index (κ3) is 3.29. The molecule has 0 unspecified atom stereocenters. The predicted molar refractivity (Wildman–Crippen MR) is 97.3 cm³/mol. The Labute approximate surface area is 150 Å². The summed E-state index contributed by atoms with van der Waals surface area (Å²) < 4.78 is 1.77. The Morgan fingerprint density at radius 3 is 2.80 bits per heavy atom. The molecule has 0 saturated carbocycles. The van der Waals surface area contributed by atoms with E-state index in [4.69, 9.17) is 11.6 Å². The van der Waals surface area contributed by atoms with E-state index in [1.807, 2.05) is 60.7 Å². The van der Waals surface area contributed by atoms with Crippen LogP contribution >= 0.6 is 11.6 Å². The van der Waals surface area contributed by atoms with Crippen molar-refractivity contribution in [2.45, 2.75) is 12.7 Å². The van der Waals surface area contributed by atoms with Crippen molar-refractivity contribution in [3.63, 3.8) is 0 Å². The Morgan fingerprint density at radius 2 is 2.00 bits per heavy atom. The molecule has 0 fully saturated rings. The molecule has 2 heterocycles. The normalized spacial score (nSPS) is 16.4. The molecule has 25 heavy (non-hydrogen) atoms. The van der Waals surface area contributed by atoms with Gasteiger partial charge in [-0.05, 0) is 23.8 Å². The largest absolute Gasteiger partial charge is 0.347 e. The molecule has 5 nitrogen and oxygen atoms in total. The topological polar surface area (TPSA) is 59.0 Å². The van der Waals surface area contributed by atoms with E-state index >= 15 is 0 Å². The van der Waals surface area contributed by atoms with Gasteiger partial charge in [-0.1, -0.05) is 54.1 Å². The highest BCUT2D eigenvalue weighted by molar-refractivity contribution is 6.30. The molecule has 1 atom stereocenters. The summed E-state index contributed by atoms with van der Waals surface area (Å²) in [5.74, 6) is -0.101. The fourth-order valence-electron chi connectivity index (χ4n) is 2.96. The number of nitrogens with one attached hydrogen (secondary N) is 2. The Morgan fingerprint density at radius 1 is 1.16 bits per heavy atom. The molecule has 0 bridgehead atoms. The van der Waals surface area contributed by atoms with Crippen molar-refractivity contribution >= 4 is 17.5 Å². The van der Waals surface area contributed by atoms with E-state index in [0.717, 1.165) is 16.8 Å². The smallest absolute Gasteiger partial charge is 0.269 e. The minimum absolute atomic E-state index is 0.101. The summed E-state index contributed by atoms with van der Waals surface area (Å²) in [6.07, 6.45) is -0.107. The second-order valence-electron chi connectivity index (χ2n) is 5.96. The minimum Gasteiger partial charge on any atom is -0.347 e. The zero-order valence-electron chi connectivity index (χ0n) is 13.4. The van der Waals surface area contributed by atoms with Gasteiger partial charge in [-0.2, -0.15) is 5.10 Å². The monoisotopic (exact) mass is 352 g/mol. The molecule has 1 amide bonds. The highest BCUT2D eigenvalue weighted by Crippen LogP contribution is 2.23. The van der Waals surface area contributed by atoms with Gasteiger partial charge in [0.1, 0.15) is 11.9 Å². The molecule has 1 aliphatic rings. The molecule has 2 aromatic carbocycles. The van der Waals surface area contributed by atoms with Crippen LogP contribution < -0.4 is 10.6 Å². The van der Waals surface area contributed by atoms with Crippen molar-refractivity contribution in [2.24, 2.45) is 0 Å². The molecule has 0 aliphatic carbocycles. The van der Waals surface area contributed by atoms with Crippen LogP contribution in [0.4, 0.5) is 0 Å². The first kappa shape index (κ1) is 15.9. The number of nitrogens with zero attached hydrogens (tertiary/aromatic N) is 2. The maximum Gasteiger partial charge on any atom is 0.269 e. The standard InChI is InChI=1S/C19H17ClN4O/c20-15-8-4-5-13(9-15)11-21-18-12-22-19(25)17-10-16(23-24(17)18)14-6-2-1-3-7-14/h1-10,18,21H,11-12H2,(H,22,25)/t18-/m0/s1. The van der Waals surface area contributed by atoms with Gasteiger partial charge < -0.3 is 5.32 Å². The number of fused-ring (bicyclic) bond motifs is 1. The number of carbonyl (C=O) groups excluding carboxylic acids is 1. The first-order chi connectivity index (χ1) is 12.2. The van der Waals surface area contributed by atoms with Crippen LogP contribution in [0.2, 0.25) is 5.02 Å². The lowest BCUT2D eigenvalue weighted by Crippen LogP contribution is -2.45. The van der Waals surface area contributed by atoms with Gasteiger partial charge in [0.25, 0.3) is 5.91 Å². The number of hydrogen-bond acceptors (Lipinski definition) is 3. The van der Waals surface area contributed by atoms with Crippen LogP contribution in [-0.4, -0.2) is 22.2 Å². The van der Waals surface area contributed by atoms with Crippen molar-refractivity contribution < 1.29 is 4.79 Å². The SMILES string of the molecule is O=C1NC[C@@H](NCc2cccc(Cl)c2)n2nc(-c3ccccc3)cc21. The number of benzene rings is 2. The van der Waals surface area contributed by atoms with Crippen LogP contribution in [0, 0.1) is 0 Å². The Balaban J connectivity index is 1.59. The van der Waals surface area contributed by atoms with Gasteiger partial charge in [0, 0.05) is 17.1 Å². The van der Waals surface area contributed by atoms with Crippen LogP contribution in [0.15, 0.2) is 60.7 Å². The van der Waals surface area contributed by atoms with E-state index in [0.29, 0.717) is 23.8 Å². The van der Waals surface area contributed by atoms with Crippen LogP contribution in [0.1, 0.15) is 22.2 Å². The van der Waals surface area contributed by atoms with Gasteiger partial charge in [0.05, 0.1) is 12.2 Å². The number of aromatic nitrogens is 2. The van der Waals surface area contributed by atoms with Gasteiger partial charge in [0.15, 0.2) is 0 Å². The average molecular weight is 353 g/mol.